The largest absolute Gasteiger partial charge is 0.383 e. The second kappa shape index (κ2) is 6.45. The molecule has 1 atom stereocenters. The van der Waals surface area contributed by atoms with Gasteiger partial charge in [0.25, 0.3) is 5.91 Å². The number of nitrogens with zero attached hydrogens (tertiary/aromatic N) is 1. The summed E-state index contributed by atoms with van der Waals surface area (Å²) < 4.78 is 5.51. The molecule has 0 saturated heterocycles. The van der Waals surface area contributed by atoms with Gasteiger partial charge in [0.2, 0.25) is 0 Å². The zero-order valence-corrected chi connectivity index (χ0v) is 11.4. The summed E-state index contributed by atoms with van der Waals surface area (Å²) in [6, 6.07) is 3.42. The van der Waals surface area contributed by atoms with Gasteiger partial charge >= 0.3 is 0 Å². The van der Waals surface area contributed by atoms with Crippen LogP contribution in [0.15, 0.2) is 12.1 Å². The maximum Gasteiger partial charge on any atom is 0.263 e. The lowest BCUT2D eigenvalue weighted by Gasteiger charge is -2.19. The van der Waals surface area contributed by atoms with E-state index in [1.807, 2.05) is 0 Å². The number of amides is 1. The molecule has 1 rings (SSSR count). The van der Waals surface area contributed by atoms with Crippen molar-refractivity contribution in [2.24, 2.45) is 0 Å². The first-order chi connectivity index (χ1) is 7.54. The Labute approximate surface area is 109 Å². The van der Waals surface area contributed by atoms with Crippen LogP contribution in [0.3, 0.4) is 0 Å². The molecule has 6 heteroatoms. The van der Waals surface area contributed by atoms with Gasteiger partial charge in [-0.1, -0.05) is 11.6 Å². The van der Waals surface area contributed by atoms with Crippen molar-refractivity contribution in [1.82, 2.24) is 4.90 Å². The van der Waals surface area contributed by atoms with E-state index in [4.69, 9.17) is 27.9 Å². The Bertz CT molecular complexity index is 356. The van der Waals surface area contributed by atoms with Crippen LogP contribution in [0.2, 0.25) is 4.34 Å². The van der Waals surface area contributed by atoms with Crippen LogP contribution in [0.25, 0.3) is 0 Å². The smallest absolute Gasteiger partial charge is 0.263 e. The Morgan fingerprint density at radius 3 is 2.81 bits per heavy atom. The van der Waals surface area contributed by atoms with Crippen LogP contribution < -0.4 is 0 Å². The van der Waals surface area contributed by atoms with Crippen molar-refractivity contribution in [2.75, 3.05) is 27.3 Å². The fourth-order valence-corrected chi connectivity index (χ4v) is 2.60. The van der Waals surface area contributed by atoms with Crippen LogP contribution in [0.4, 0.5) is 0 Å². The van der Waals surface area contributed by atoms with Gasteiger partial charge in [-0.3, -0.25) is 4.79 Å². The normalized spacial score (nSPS) is 12.5. The van der Waals surface area contributed by atoms with Crippen LogP contribution in [0.5, 0.6) is 0 Å². The number of hydrogen-bond donors (Lipinski definition) is 0. The minimum Gasteiger partial charge on any atom is -0.383 e. The van der Waals surface area contributed by atoms with E-state index >= 15 is 0 Å². The molecule has 0 aliphatic carbocycles. The number of ether oxygens (including phenoxy) is 1. The Hall–Kier alpha value is -0.290. The molecule has 0 spiro atoms. The summed E-state index contributed by atoms with van der Waals surface area (Å²) in [5.74, 6) is -0.0707. The summed E-state index contributed by atoms with van der Waals surface area (Å²) in [7, 11) is 3.29. The van der Waals surface area contributed by atoms with E-state index in [0.29, 0.717) is 22.4 Å². The first kappa shape index (κ1) is 13.8. The lowest BCUT2D eigenvalue weighted by atomic mass is 10.3. The molecule has 0 saturated carbocycles. The fraction of sp³-hybridized carbons (Fsp3) is 0.500. The molecule has 0 bridgehead atoms. The van der Waals surface area contributed by atoms with Crippen LogP contribution >= 0.6 is 34.5 Å². The minimum absolute atomic E-state index is 0.0707. The monoisotopic (exact) mass is 281 g/mol. The van der Waals surface area contributed by atoms with Crippen molar-refractivity contribution >= 4 is 40.4 Å². The highest BCUT2D eigenvalue weighted by Gasteiger charge is 2.16. The molecule has 1 heterocycles. The molecule has 0 N–H and O–H groups in total. The molecule has 90 valence electrons. The lowest BCUT2D eigenvalue weighted by molar-refractivity contribution is 0.0786. The van der Waals surface area contributed by atoms with Gasteiger partial charge in [-0.15, -0.1) is 22.9 Å². The lowest BCUT2D eigenvalue weighted by Crippen LogP contribution is -2.33. The third kappa shape index (κ3) is 3.94. The number of alkyl halides is 1. The van der Waals surface area contributed by atoms with E-state index in [9.17, 15) is 4.79 Å². The Morgan fingerprint density at radius 2 is 2.31 bits per heavy atom. The van der Waals surface area contributed by atoms with Gasteiger partial charge in [0, 0.05) is 20.7 Å². The quantitative estimate of drug-likeness (QED) is 0.777. The molecular weight excluding hydrogens is 269 g/mol. The van der Waals surface area contributed by atoms with Gasteiger partial charge in [0.05, 0.1) is 21.2 Å². The highest BCUT2D eigenvalue weighted by molar-refractivity contribution is 7.17. The molecular formula is C10H13Cl2NO2S. The summed E-state index contributed by atoms with van der Waals surface area (Å²) in [5.41, 5.74) is 0. The summed E-state index contributed by atoms with van der Waals surface area (Å²) in [6.07, 6.45) is 0. The van der Waals surface area contributed by atoms with Crippen molar-refractivity contribution in [3.05, 3.63) is 21.3 Å². The molecule has 0 radical (unpaired) electrons. The third-order valence-corrected chi connectivity index (χ3v) is 3.43. The summed E-state index contributed by atoms with van der Waals surface area (Å²) >= 11 is 13.0. The van der Waals surface area contributed by atoms with E-state index in [-0.39, 0.29) is 11.3 Å². The van der Waals surface area contributed by atoms with E-state index in [1.165, 1.54) is 11.3 Å². The number of carbonyl (C=O) groups excluding carboxylic acids is 1. The van der Waals surface area contributed by atoms with Crippen molar-refractivity contribution in [3.8, 4) is 0 Å². The summed E-state index contributed by atoms with van der Waals surface area (Å²) in [4.78, 5) is 14.1. The van der Waals surface area contributed by atoms with Crippen molar-refractivity contribution in [3.63, 3.8) is 0 Å². The maximum atomic E-state index is 11.9. The Kier molecular flexibility index (Phi) is 5.55. The SMILES string of the molecule is COCC(Cl)CN(C)C(=O)c1ccc(Cl)s1. The van der Waals surface area contributed by atoms with Crippen LogP contribution in [-0.4, -0.2) is 43.5 Å². The molecule has 1 aromatic heterocycles. The zero-order chi connectivity index (χ0) is 12.1. The number of methoxy groups -OCH3 is 1. The summed E-state index contributed by atoms with van der Waals surface area (Å²) in [5, 5.41) is -0.200. The molecule has 0 aliphatic heterocycles. The zero-order valence-electron chi connectivity index (χ0n) is 9.07. The van der Waals surface area contributed by atoms with Gasteiger partial charge in [-0.05, 0) is 12.1 Å². The van der Waals surface area contributed by atoms with Crippen molar-refractivity contribution < 1.29 is 9.53 Å². The van der Waals surface area contributed by atoms with E-state index in [1.54, 1.807) is 31.2 Å². The second-order valence-electron chi connectivity index (χ2n) is 3.34. The standard InChI is InChI=1S/C10H13Cl2NO2S/c1-13(5-7(11)6-15-2)10(14)8-3-4-9(12)16-8/h3-4,7H,5-6H2,1-2H3. The maximum absolute atomic E-state index is 11.9. The Morgan fingerprint density at radius 1 is 1.62 bits per heavy atom. The first-order valence-corrected chi connectivity index (χ1v) is 6.31. The average molecular weight is 282 g/mol. The van der Waals surface area contributed by atoms with Gasteiger partial charge in [0.15, 0.2) is 0 Å². The number of hydrogen-bond acceptors (Lipinski definition) is 3. The number of rotatable bonds is 5. The highest BCUT2D eigenvalue weighted by Crippen LogP contribution is 2.22. The predicted octanol–water partition coefficient (Wildman–Crippen LogP) is 2.73. The summed E-state index contributed by atoms with van der Waals surface area (Å²) in [6.45, 7) is 0.869. The number of halogens is 2. The predicted molar refractivity (Wildman–Crippen MR) is 67.8 cm³/mol. The molecule has 0 aliphatic rings. The molecule has 16 heavy (non-hydrogen) atoms. The van der Waals surface area contributed by atoms with Crippen molar-refractivity contribution in [1.29, 1.82) is 0 Å². The number of thiophene rings is 1. The fourth-order valence-electron chi connectivity index (χ4n) is 1.23. The van der Waals surface area contributed by atoms with Crippen LogP contribution in [-0.2, 0) is 4.74 Å². The number of carbonyl (C=O) groups is 1. The van der Waals surface area contributed by atoms with E-state index in [2.05, 4.69) is 0 Å². The van der Waals surface area contributed by atoms with Crippen molar-refractivity contribution in [2.45, 2.75) is 5.38 Å². The topological polar surface area (TPSA) is 29.5 Å². The van der Waals surface area contributed by atoms with E-state index in [0.717, 1.165) is 0 Å². The molecule has 1 aromatic rings. The second-order valence-corrected chi connectivity index (χ2v) is 5.67. The van der Waals surface area contributed by atoms with Gasteiger partial charge < -0.3 is 9.64 Å². The highest BCUT2D eigenvalue weighted by atomic mass is 35.5. The van der Waals surface area contributed by atoms with Gasteiger partial charge in [-0.25, -0.2) is 0 Å². The third-order valence-electron chi connectivity index (χ3n) is 1.95. The minimum atomic E-state index is -0.200. The van der Waals surface area contributed by atoms with Gasteiger partial charge in [0.1, 0.15) is 0 Å². The molecule has 3 nitrogen and oxygen atoms in total. The van der Waals surface area contributed by atoms with E-state index < -0.39 is 0 Å². The molecule has 1 unspecified atom stereocenters. The average Bonchev–Trinajstić information content (AvgIpc) is 2.64. The van der Waals surface area contributed by atoms with Crippen LogP contribution in [0.1, 0.15) is 9.67 Å². The molecule has 0 fully saturated rings. The first-order valence-electron chi connectivity index (χ1n) is 4.68. The molecule has 1 amide bonds. The van der Waals surface area contributed by atoms with Gasteiger partial charge in [-0.2, -0.15) is 0 Å². The van der Waals surface area contributed by atoms with Crippen LogP contribution in [0, 0.1) is 0 Å². The molecule has 0 aromatic carbocycles. The Balaban J connectivity index is 2.54.